The van der Waals surface area contributed by atoms with Crippen LogP contribution in [-0.2, 0) is 0 Å². The van der Waals surface area contributed by atoms with Gasteiger partial charge in [-0.25, -0.2) is 0 Å². The number of benzene rings is 2. The van der Waals surface area contributed by atoms with E-state index in [4.69, 9.17) is 0 Å². The maximum absolute atomic E-state index is 3.66. The summed E-state index contributed by atoms with van der Waals surface area (Å²) in [6.07, 6.45) is 0. The van der Waals surface area contributed by atoms with Crippen molar-refractivity contribution in [3.05, 3.63) is 58.7 Å². The second kappa shape index (κ2) is 7.55. The van der Waals surface area contributed by atoms with Crippen molar-refractivity contribution in [1.29, 1.82) is 0 Å². The van der Waals surface area contributed by atoms with Gasteiger partial charge in [0.25, 0.3) is 0 Å². The second-order valence-electron chi connectivity index (χ2n) is 8.18. The molecule has 0 aromatic heterocycles. The normalized spacial score (nSPS) is 12.0. The Balaban J connectivity index is 2.65. The lowest BCUT2D eigenvalue weighted by Crippen LogP contribution is -1.98. The van der Waals surface area contributed by atoms with Gasteiger partial charge in [0.05, 0.1) is 0 Å². The average Bonchev–Trinajstić information content (AvgIpc) is 2.53. The molecule has 0 aliphatic heterocycles. The van der Waals surface area contributed by atoms with Crippen LogP contribution in [0.5, 0.6) is 0 Å². The van der Waals surface area contributed by atoms with Crippen molar-refractivity contribution in [2.24, 2.45) is 0 Å². The van der Waals surface area contributed by atoms with Crippen LogP contribution in [0.3, 0.4) is 0 Å². The zero-order valence-corrected chi connectivity index (χ0v) is 16.6. The molecule has 0 nitrogen and oxygen atoms in total. The highest BCUT2D eigenvalue weighted by atomic mass is 14.2. The molecule has 0 unspecified atom stereocenters. The molecule has 0 heterocycles. The third kappa shape index (κ3) is 4.29. The summed E-state index contributed by atoms with van der Waals surface area (Å²) in [4.78, 5) is 0. The first-order chi connectivity index (χ1) is 11.2. The topological polar surface area (TPSA) is 0 Å². The third-order valence-corrected chi connectivity index (χ3v) is 4.69. The molecule has 0 heteroatoms. The summed E-state index contributed by atoms with van der Waals surface area (Å²) in [6.45, 7) is 18.0. The fraction of sp³-hybridized carbons (Fsp3) is 0.500. The van der Waals surface area contributed by atoms with Gasteiger partial charge in [-0.15, -0.1) is 0 Å². The van der Waals surface area contributed by atoms with E-state index in [9.17, 15) is 0 Å². The number of hydrogen-bond donors (Lipinski definition) is 0. The van der Waals surface area contributed by atoms with Crippen molar-refractivity contribution < 1.29 is 0 Å². The zero-order valence-electron chi connectivity index (χ0n) is 16.6. The Morgan fingerprint density at radius 2 is 0.833 bits per heavy atom. The van der Waals surface area contributed by atoms with Crippen LogP contribution in [-0.4, -0.2) is 0 Å². The van der Waals surface area contributed by atoms with Gasteiger partial charge in [0.2, 0.25) is 0 Å². The molecule has 0 amide bonds. The maximum atomic E-state index is 3.66. The molecule has 0 bridgehead atoms. The Labute approximate surface area is 149 Å². The highest BCUT2D eigenvalue weighted by Crippen LogP contribution is 2.32. The van der Waals surface area contributed by atoms with Crippen molar-refractivity contribution in [2.75, 3.05) is 0 Å². The van der Waals surface area contributed by atoms with Gasteiger partial charge in [-0.05, 0) is 69.2 Å². The quantitative estimate of drug-likeness (QED) is 0.536. The molecule has 0 saturated heterocycles. The van der Waals surface area contributed by atoms with Gasteiger partial charge in [0, 0.05) is 0 Å². The summed E-state index contributed by atoms with van der Waals surface area (Å²) < 4.78 is 0. The molecule has 0 aliphatic carbocycles. The molecule has 0 aliphatic rings. The minimum atomic E-state index is 0.486. The van der Waals surface area contributed by atoms with Gasteiger partial charge < -0.3 is 0 Å². The summed E-state index contributed by atoms with van der Waals surface area (Å²) in [7, 11) is 0. The fourth-order valence-electron chi connectivity index (χ4n) is 2.81. The van der Waals surface area contributed by atoms with Crippen molar-refractivity contribution >= 4 is 0 Å². The first-order valence-corrected chi connectivity index (χ1v) is 9.33. The molecule has 24 heavy (non-hydrogen) atoms. The van der Waals surface area contributed by atoms with E-state index in [1.54, 1.807) is 0 Å². The van der Waals surface area contributed by atoms with Crippen LogP contribution in [0.2, 0.25) is 0 Å². The van der Waals surface area contributed by atoms with Crippen LogP contribution < -0.4 is 0 Å². The summed E-state index contributed by atoms with van der Waals surface area (Å²) >= 11 is 0. The first-order valence-electron chi connectivity index (χ1n) is 9.33. The van der Waals surface area contributed by atoms with Crippen molar-refractivity contribution in [1.82, 2.24) is 0 Å². The highest BCUT2D eigenvalue weighted by molar-refractivity contribution is 5.66. The van der Waals surface area contributed by atoms with Gasteiger partial charge >= 0.3 is 0 Å². The molecule has 0 fully saturated rings. The van der Waals surface area contributed by atoms with Crippen molar-refractivity contribution in [3.63, 3.8) is 0 Å². The van der Waals surface area contributed by atoms with Gasteiger partial charge in [0.15, 0.2) is 0 Å². The van der Waals surface area contributed by atoms with Crippen LogP contribution >= 0.6 is 0 Å². The molecule has 0 atom stereocenters. The number of rotatable bonds is 5. The predicted octanol–water partition coefficient (Wildman–Crippen LogP) is 7.45. The van der Waals surface area contributed by atoms with E-state index in [1.807, 2.05) is 0 Å². The van der Waals surface area contributed by atoms with Crippen molar-refractivity contribution in [3.8, 4) is 11.1 Å². The SMILES string of the molecule is CC(C)c1[c]c(-c2[c]c(C(C)C)cc(C(C)C)c2)cc(C(C)C)c1. The highest BCUT2D eigenvalue weighted by Gasteiger charge is 2.13. The van der Waals surface area contributed by atoms with E-state index in [0.717, 1.165) is 0 Å². The van der Waals surface area contributed by atoms with E-state index >= 15 is 0 Å². The summed E-state index contributed by atoms with van der Waals surface area (Å²) in [5, 5.41) is 0. The predicted molar refractivity (Wildman–Crippen MR) is 106 cm³/mol. The Bertz CT molecular complexity index is 573. The lowest BCUT2D eigenvalue weighted by molar-refractivity contribution is 0.829. The zero-order chi connectivity index (χ0) is 18.0. The van der Waals surface area contributed by atoms with Crippen LogP contribution in [0.25, 0.3) is 11.1 Å². The monoisotopic (exact) mass is 320 g/mol. The van der Waals surface area contributed by atoms with E-state index in [-0.39, 0.29) is 0 Å². The van der Waals surface area contributed by atoms with Gasteiger partial charge in [-0.3, -0.25) is 0 Å². The minimum absolute atomic E-state index is 0.486. The lowest BCUT2D eigenvalue weighted by Gasteiger charge is -2.17. The van der Waals surface area contributed by atoms with Crippen LogP contribution in [0.15, 0.2) is 24.3 Å². The van der Waals surface area contributed by atoms with E-state index in [0.29, 0.717) is 23.7 Å². The molecule has 2 aromatic rings. The van der Waals surface area contributed by atoms with E-state index < -0.39 is 0 Å². The maximum Gasteiger partial charge on any atom is -0.00611 e. The Morgan fingerprint density at radius 1 is 0.500 bits per heavy atom. The third-order valence-electron chi connectivity index (χ3n) is 4.69. The average molecular weight is 321 g/mol. The summed E-state index contributed by atoms with van der Waals surface area (Å²) in [5.41, 5.74) is 7.75. The minimum Gasteiger partial charge on any atom is -0.0587 e. The molecular formula is C24H32. The van der Waals surface area contributed by atoms with Gasteiger partial charge in [-0.1, -0.05) is 79.7 Å². The Morgan fingerprint density at radius 3 is 1.08 bits per heavy atom. The van der Waals surface area contributed by atoms with Crippen LogP contribution in [0.1, 0.15) is 101 Å². The molecule has 2 radical (unpaired) electrons. The van der Waals surface area contributed by atoms with Crippen molar-refractivity contribution in [2.45, 2.75) is 79.1 Å². The largest absolute Gasteiger partial charge is 0.0587 e. The summed E-state index contributed by atoms with van der Waals surface area (Å²) in [5.74, 6) is 2.02. The molecule has 2 rings (SSSR count). The molecule has 2 aromatic carbocycles. The first kappa shape index (κ1) is 18.8. The fourth-order valence-corrected chi connectivity index (χ4v) is 2.81. The molecule has 0 saturated carbocycles. The van der Waals surface area contributed by atoms with Crippen LogP contribution in [0.4, 0.5) is 0 Å². The van der Waals surface area contributed by atoms with Crippen LogP contribution in [0, 0.1) is 12.1 Å². The van der Waals surface area contributed by atoms with Gasteiger partial charge in [-0.2, -0.15) is 0 Å². The Kier molecular flexibility index (Phi) is 5.91. The molecule has 128 valence electrons. The smallest absolute Gasteiger partial charge is 0.00611 e. The molecule has 0 N–H and O–H groups in total. The second-order valence-corrected chi connectivity index (χ2v) is 8.18. The van der Waals surface area contributed by atoms with E-state index in [1.165, 1.54) is 33.4 Å². The van der Waals surface area contributed by atoms with Gasteiger partial charge in [0.1, 0.15) is 0 Å². The number of hydrogen-bond acceptors (Lipinski definition) is 0. The summed E-state index contributed by atoms with van der Waals surface area (Å²) in [6, 6.07) is 16.5. The Hall–Kier alpha value is -1.56. The molecular weight excluding hydrogens is 288 g/mol. The lowest BCUT2D eigenvalue weighted by atomic mass is 9.87. The van der Waals surface area contributed by atoms with E-state index in [2.05, 4.69) is 91.8 Å². The molecule has 0 spiro atoms. The standard InChI is InChI=1S/C24H32/c1-15(2)19-9-20(16(3)4)12-23(11-19)24-13-21(17(5)6)10-22(14-24)18(7)8/h9-11,13,15-18H,1-8H3.